The lowest BCUT2D eigenvalue weighted by atomic mass is 9.99. The summed E-state index contributed by atoms with van der Waals surface area (Å²) in [6.07, 6.45) is 0. The Morgan fingerprint density at radius 2 is 1.73 bits per heavy atom. The number of nitrogens with zero attached hydrogens (tertiary/aromatic N) is 1. The number of likely N-dealkylation sites (tertiary alicyclic amines) is 1. The Kier molecular flexibility index (Phi) is 4.51. The van der Waals surface area contributed by atoms with E-state index in [1.807, 2.05) is 60.7 Å². The highest BCUT2D eigenvalue weighted by Crippen LogP contribution is 2.26. The molecule has 2 aromatic carbocycles. The van der Waals surface area contributed by atoms with Crippen molar-refractivity contribution in [3.63, 3.8) is 0 Å². The number of hydrogen-bond acceptors (Lipinski definition) is 3. The van der Waals surface area contributed by atoms with E-state index in [1.165, 1.54) is 0 Å². The van der Waals surface area contributed by atoms with E-state index in [4.69, 9.17) is 10.5 Å². The number of carbonyl (C=O) groups excluding carboxylic acids is 1. The molecule has 1 aliphatic heterocycles. The molecule has 2 N–H and O–H groups in total. The summed E-state index contributed by atoms with van der Waals surface area (Å²) in [6.45, 7) is 1.60. The van der Waals surface area contributed by atoms with Gasteiger partial charge in [-0.3, -0.25) is 4.79 Å². The van der Waals surface area contributed by atoms with Crippen molar-refractivity contribution in [3.8, 4) is 0 Å². The maximum atomic E-state index is 12.0. The molecule has 2 unspecified atom stereocenters. The number of β-lactam (4-membered cyclic amide) rings is 1. The largest absolute Gasteiger partial charge is 0.374 e. The fourth-order valence-corrected chi connectivity index (χ4v) is 2.67. The molecule has 0 aromatic heterocycles. The molecule has 1 aliphatic rings. The van der Waals surface area contributed by atoms with Crippen LogP contribution >= 0.6 is 0 Å². The molecule has 1 fully saturated rings. The normalized spacial score (nSPS) is 18.9. The molecule has 22 heavy (non-hydrogen) atoms. The zero-order valence-electron chi connectivity index (χ0n) is 12.4. The van der Waals surface area contributed by atoms with Crippen LogP contribution in [0.25, 0.3) is 0 Å². The molecular weight excluding hydrogens is 276 g/mol. The Morgan fingerprint density at radius 1 is 1.09 bits per heavy atom. The minimum Gasteiger partial charge on any atom is -0.374 e. The number of amides is 1. The van der Waals surface area contributed by atoms with Crippen LogP contribution in [-0.2, 0) is 16.1 Å². The van der Waals surface area contributed by atoms with Crippen LogP contribution in [0.4, 0.5) is 0 Å². The van der Waals surface area contributed by atoms with Crippen molar-refractivity contribution < 1.29 is 9.53 Å². The number of carbonyl (C=O) groups is 1. The maximum Gasteiger partial charge on any atom is 0.241 e. The summed E-state index contributed by atoms with van der Waals surface area (Å²) in [5.74, 6) is -0.00263. The molecule has 2 atom stereocenters. The molecule has 0 aliphatic carbocycles. The van der Waals surface area contributed by atoms with E-state index in [9.17, 15) is 4.79 Å². The molecule has 2 aromatic rings. The average Bonchev–Trinajstić information content (AvgIpc) is 2.58. The number of rotatable bonds is 6. The van der Waals surface area contributed by atoms with Crippen LogP contribution in [0, 0.1) is 0 Å². The number of hydrogen-bond donors (Lipinski definition) is 1. The monoisotopic (exact) mass is 296 g/mol. The predicted molar refractivity (Wildman–Crippen MR) is 85.0 cm³/mol. The quantitative estimate of drug-likeness (QED) is 0.831. The second-order valence-electron chi connectivity index (χ2n) is 5.52. The zero-order chi connectivity index (χ0) is 15.4. The van der Waals surface area contributed by atoms with E-state index in [-0.39, 0.29) is 18.0 Å². The van der Waals surface area contributed by atoms with Crippen molar-refractivity contribution in [2.75, 3.05) is 13.2 Å². The summed E-state index contributed by atoms with van der Waals surface area (Å²) in [7, 11) is 0. The van der Waals surface area contributed by atoms with Gasteiger partial charge in [0.1, 0.15) is 6.04 Å². The highest BCUT2D eigenvalue weighted by Gasteiger charge is 2.38. The maximum absolute atomic E-state index is 12.0. The van der Waals surface area contributed by atoms with E-state index in [1.54, 1.807) is 4.90 Å². The van der Waals surface area contributed by atoms with Gasteiger partial charge in [-0.2, -0.15) is 0 Å². The molecule has 0 bridgehead atoms. The molecule has 4 nitrogen and oxygen atoms in total. The molecule has 0 saturated carbocycles. The van der Waals surface area contributed by atoms with Gasteiger partial charge < -0.3 is 15.4 Å². The first-order valence-corrected chi connectivity index (χ1v) is 7.48. The van der Waals surface area contributed by atoms with Gasteiger partial charge in [-0.05, 0) is 11.1 Å². The number of nitrogens with two attached hydrogens (primary N) is 1. The summed E-state index contributed by atoms with van der Waals surface area (Å²) >= 11 is 0. The lowest BCUT2D eigenvalue weighted by molar-refractivity contribution is -0.148. The number of benzene rings is 2. The highest BCUT2D eigenvalue weighted by molar-refractivity contribution is 5.88. The molecule has 3 rings (SSSR count). The average molecular weight is 296 g/mol. The highest BCUT2D eigenvalue weighted by atomic mass is 16.5. The first-order valence-electron chi connectivity index (χ1n) is 7.48. The molecule has 1 heterocycles. The number of ether oxygens (including phenoxy) is 1. The summed E-state index contributed by atoms with van der Waals surface area (Å²) < 4.78 is 5.84. The fourth-order valence-electron chi connectivity index (χ4n) is 2.67. The first kappa shape index (κ1) is 14.8. The third-order valence-corrected chi connectivity index (χ3v) is 3.94. The third-order valence-electron chi connectivity index (χ3n) is 3.94. The minimum absolute atomic E-state index is 0.00263. The molecule has 1 amide bonds. The second-order valence-corrected chi connectivity index (χ2v) is 5.52. The summed E-state index contributed by atoms with van der Waals surface area (Å²) in [4.78, 5) is 13.8. The SMILES string of the molecule is NC1CN(C(COCc2ccccc2)c2ccccc2)C1=O. The van der Waals surface area contributed by atoms with Crippen LogP contribution in [-0.4, -0.2) is 30.0 Å². The van der Waals surface area contributed by atoms with E-state index in [0.29, 0.717) is 19.8 Å². The van der Waals surface area contributed by atoms with Gasteiger partial charge in [0.15, 0.2) is 0 Å². The van der Waals surface area contributed by atoms with Crippen molar-refractivity contribution in [2.24, 2.45) is 5.73 Å². The predicted octanol–water partition coefficient (Wildman–Crippen LogP) is 2.11. The molecule has 1 saturated heterocycles. The van der Waals surface area contributed by atoms with E-state index < -0.39 is 0 Å². The smallest absolute Gasteiger partial charge is 0.241 e. The van der Waals surface area contributed by atoms with Crippen molar-refractivity contribution in [1.29, 1.82) is 0 Å². The van der Waals surface area contributed by atoms with Gasteiger partial charge >= 0.3 is 0 Å². The lowest BCUT2D eigenvalue weighted by Crippen LogP contribution is -2.62. The first-order chi connectivity index (χ1) is 10.8. The van der Waals surface area contributed by atoms with E-state index in [0.717, 1.165) is 11.1 Å². The van der Waals surface area contributed by atoms with Crippen LogP contribution in [0.1, 0.15) is 17.2 Å². The molecule has 0 radical (unpaired) electrons. The van der Waals surface area contributed by atoms with Gasteiger partial charge in [0.05, 0.1) is 19.3 Å². The van der Waals surface area contributed by atoms with Crippen molar-refractivity contribution in [3.05, 3.63) is 71.8 Å². The van der Waals surface area contributed by atoms with Gasteiger partial charge in [-0.15, -0.1) is 0 Å². The van der Waals surface area contributed by atoms with Crippen molar-refractivity contribution in [1.82, 2.24) is 4.90 Å². The minimum atomic E-state index is -0.361. The van der Waals surface area contributed by atoms with Crippen molar-refractivity contribution >= 4 is 5.91 Å². The van der Waals surface area contributed by atoms with Crippen LogP contribution < -0.4 is 5.73 Å². The second kappa shape index (κ2) is 6.73. The fraction of sp³-hybridized carbons (Fsp3) is 0.278. The Morgan fingerprint density at radius 3 is 2.32 bits per heavy atom. The van der Waals surface area contributed by atoms with Gasteiger partial charge in [-0.1, -0.05) is 60.7 Å². The topological polar surface area (TPSA) is 55.6 Å². The Bertz CT molecular complexity index is 615. The van der Waals surface area contributed by atoms with Gasteiger partial charge in [-0.25, -0.2) is 0 Å². The third kappa shape index (κ3) is 3.18. The Balaban J connectivity index is 1.66. The lowest BCUT2D eigenvalue weighted by Gasteiger charge is -2.42. The van der Waals surface area contributed by atoms with Crippen LogP contribution in [0.5, 0.6) is 0 Å². The molecule has 4 heteroatoms. The molecular formula is C18H20N2O2. The van der Waals surface area contributed by atoms with E-state index >= 15 is 0 Å². The summed E-state index contributed by atoms with van der Waals surface area (Å²) in [5, 5.41) is 0. The molecule has 114 valence electrons. The van der Waals surface area contributed by atoms with Crippen LogP contribution in [0.2, 0.25) is 0 Å². The van der Waals surface area contributed by atoms with Gasteiger partial charge in [0, 0.05) is 6.54 Å². The Labute approximate surface area is 130 Å². The molecule has 0 spiro atoms. The zero-order valence-corrected chi connectivity index (χ0v) is 12.4. The van der Waals surface area contributed by atoms with Gasteiger partial charge in [0.2, 0.25) is 5.91 Å². The van der Waals surface area contributed by atoms with Crippen molar-refractivity contribution in [2.45, 2.75) is 18.7 Å². The van der Waals surface area contributed by atoms with Gasteiger partial charge in [0.25, 0.3) is 0 Å². The Hall–Kier alpha value is -2.17. The summed E-state index contributed by atoms with van der Waals surface area (Å²) in [6, 6.07) is 19.6. The summed E-state index contributed by atoms with van der Waals surface area (Å²) in [5.41, 5.74) is 7.92. The van der Waals surface area contributed by atoms with Crippen LogP contribution in [0.15, 0.2) is 60.7 Å². The van der Waals surface area contributed by atoms with E-state index in [2.05, 4.69) is 0 Å². The van der Waals surface area contributed by atoms with Crippen LogP contribution in [0.3, 0.4) is 0 Å². The standard InChI is InChI=1S/C18H20N2O2/c19-16-11-20(18(16)21)17(15-9-5-2-6-10-15)13-22-12-14-7-3-1-4-8-14/h1-10,16-17H,11-13,19H2.